The van der Waals surface area contributed by atoms with E-state index < -0.39 is 0 Å². The van der Waals surface area contributed by atoms with E-state index in [1.165, 1.54) is 4.88 Å². The average Bonchev–Trinajstić information content (AvgIpc) is 2.91. The van der Waals surface area contributed by atoms with Gasteiger partial charge in [-0.25, -0.2) is 0 Å². The molecular formula is C16H27N3OS. The molecule has 2 heterocycles. The van der Waals surface area contributed by atoms with Gasteiger partial charge in [-0.1, -0.05) is 19.9 Å². The molecule has 0 spiro atoms. The van der Waals surface area contributed by atoms with E-state index in [4.69, 9.17) is 0 Å². The van der Waals surface area contributed by atoms with Crippen molar-refractivity contribution in [1.82, 2.24) is 15.5 Å². The van der Waals surface area contributed by atoms with E-state index in [-0.39, 0.29) is 23.4 Å². The molecule has 0 bridgehead atoms. The van der Waals surface area contributed by atoms with Crippen LogP contribution in [0.4, 0.5) is 0 Å². The van der Waals surface area contributed by atoms with Crippen LogP contribution >= 0.6 is 11.3 Å². The molecule has 0 aromatic carbocycles. The van der Waals surface area contributed by atoms with Gasteiger partial charge in [0.25, 0.3) is 0 Å². The van der Waals surface area contributed by atoms with Crippen LogP contribution in [0, 0.1) is 5.41 Å². The van der Waals surface area contributed by atoms with Crippen molar-refractivity contribution in [3.05, 3.63) is 22.4 Å². The lowest BCUT2D eigenvalue weighted by atomic mass is 9.77. The highest BCUT2D eigenvalue weighted by Gasteiger charge is 2.37. The minimum absolute atomic E-state index is 0.0267. The van der Waals surface area contributed by atoms with Gasteiger partial charge < -0.3 is 15.5 Å². The van der Waals surface area contributed by atoms with Crippen molar-refractivity contribution in [1.29, 1.82) is 0 Å². The SMILES string of the molecule is CN(C)C(CNC(=O)C1NCCCC1(C)C)c1cccs1. The standard InChI is InChI=1S/C16H27N3OS/c1-16(2)8-6-9-17-14(16)15(20)18-11-12(19(3)4)13-7-5-10-21-13/h5,7,10,12,14,17H,6,8-9,11H2,1-4H3,(H,18,20). The minimum atomic E-state index is -0.0857. The molecule has 1 amide bonds. The summed E-state index contributed by atoms with van der Waals surface area (Å²) >= 11 is 1.74. The van der Waals surface area contributed by atoms with Gasteiger partial charge >= 0.3 is 0 Å². The van der Waals surface area contributed by atoms with Crippen LogP contribution in [0.15, 0.2) is 17.5 Å². The highest BCUT2D eigenvalue weighted by atomic mass is 32.1. The number of likely N-dealkylation sites (N-methyl/N-ethyl adjacent to an activating group) is 1. The minimum Gasteiger partial charge on any atom is -0.353 e. The number of carbonyl (C=O) groups excluding carboxylic acids is 1. The van der Waals surface area contributed by atoms with E-state index in [0.717, 1.165) is 19.4 Å². The summed E-state index contributed by atoms with van der Waals surface area (Å²) in [6.45, 7) is 5.93. The number of thiophene rings is 1. The van der Waals surface area contributed by atoms with Gasteiger partial charge in [-0.05, 0) is 50.3 Å². The summed E-state index contributed by atoms with van der Waals surface area (Å²) in [5, 5.41) is 8.60. The molecule has 5 heteroatoms. The first-order chi connectivity index (χ1) is 9.92. The summed E-state index contributed by atoms with van der Waals surface area (Å²) in [5.41, 5.74) is 0.0267. The molecule has 4 nitrogen and oxygen atoms in total. The maximum Gasteiger partial charge on any atom is 0.237 e. The lowest BCUT2D eigenvalue weighted by Gasteiger charge is -2.38. The number of amides is 1. The molecule has 21 heavy (non-hydrogen) atoms. The van der Waals surface area contributed by atoms with Crippen molar-refractivity contribution in [2.24, 2.45) is 5.41 Å². The van der Waals surface area contributed by atoms with Crippen molar-refractivity contribution in [2.75, 3.05) is 27.2 Å². The molecule has 1 saturated heterocycles. The molecule has 1 aliphatic heterocycles. The first-order valence-electron chi connectivity index (χ1n) is 7.63. The van der Waals surface area contributed by atoms with Gasteiger partial charge in [0.05, 0.1) is 12.1 Å². The molecule has 2 atom stereocenters. The number of hydrogen-bond donors (Lipinski definition) is 2. The quantitative estimate of drug-likeness (QED) is 0.877. The first-order valence-corrected chi connectivity index (χ1v) is 8.51. The van der Waals surface area contributed by atoms with Gasteiger partial charge in [0, 0.05) is 11.4 Å². The van der Waals surface area contributed by atoms with Crippen LogP contribution in [-0.4, -0.2) is 44.0 Å². The van der Waals surface area contributed by atoms with Crippen LogP contribution in [0.5, 0.6) is 0 Å². The highest BCUT2D eigenvalue weighted by Crippen LogP contribution is 2.30. The molecule has 1 fully saturated rings. The Kier molecular flexibility index (Phi) is 5.41. The molecule has 2 unspecified atom stereocenters. The number of nitrogens with one attached hydrogen (secondary N) is 2. The van der Waals surface area contributed by atoms with E-state index in [1.807, 2.05) is 0 Å². The normalized spacial score (nSPS) is 23.0. The Morgan fingerprint density at radius 1 is 1.57 bits per heavy atom. The maximum atomic E-state index is 12.5. The summed E-state index contributed by atoms with van der Waals surface area (Å²) in [6, 6.07) is 4.34. The third kappa shape index (κ3) is 4.05. The summed E-state index contributed by atoms with van der Waals surface area (Å²) in [7, 11) is 4.11. The lowest BCUT2D eigenvalue weighted by Crippen LogP contribution is -2.56. The summed E-state index contributed by atoms with van der Waals surface area (Å²) in [4.78, 5) is 16.0. The van der Waals surface area contributed by atoms with Crippen LogP contribution in [0.25, 0.3) is 0 Å². The zero-order valence-corrected chi connectivity index (χ0v) is 14.3. The molecule has 1 aliphatic rings. The molecule has 1 aromatic rings. The Bertz CT molecular complexity index is 456. The van der Waals surface area contributed by atoms with Crippen LogP contribution in [-0.2, 0) is 4.79 Å². The average molecular weight is 309 g/mol. The fourth-order valence-corrected chi connectivity index (χ4v) is 3.90. The third-order valence-corrected chi connectivity index (χ3v) is 5.33. The third-order valence-electron chi connectivity index (χ3n) is 4.35. The Labute approximate surface area is 131 Å². The van der Waals surface area contributed by atoms with Crippen molar-refractivity contribution in [3.63, 3.8) is 0 Å². The Hall–Kier alpha value is -0.910. The van der Waals surface area contributed by atoms with Crippen molar-refractivity contribution < 1.29 is 4.79 Å². The van der Waals surface area contributed by atoms with Gasteiger partial charge in [-0.2, -0.15) is 0 Å². The van der Waals surface area contributed by atoms with E-state index in [0.29, 0.717) is 6.54 Å². The number of nitrogens with zero attached hydrogens (tertiary/aromatic N) is 1. The summed E-state index contributed by atoms with van der Waals surface area (Å²) in [5.74, 6) is 0.128. The van der Waals surface area contributed by atoms with Crippen molar-refractivity contribution in [2.45, 2.75) is 38.8 Å². The zero-order chi connectivity index (χ0) is 15.5. The van der Waals surface area contributed by atoms with Gasteiger partial charge in [-0.3, -0.25) is 4.79 Å². The second kappa shape index (κ2) is 6.90. The maximum absolute atomic E-state index is 12.5. The number of rotatable bonds is 5. The second-order valence-corrected chi connectivity index (χ2v) is 7.70. The molecule has 1 aromatic heterocycles. The van der Waals surface area contributed by atoms with Crippen LogP contribution in [0.2, 0.25) is 0 Å². The molecule has 118 valence electrons. The monoisotopic (exact) mass is 309 g/mol. The summed E-state index contributed by atoms with van der Waals surface area (Å²) in [6.07, 6.45) is 2.24. The lowest BCUT2D eigenvalue weighted by molar-refractivity contribution is -0.127. The summed E-state index contributed by atoms with van der Waals surface area (Å²) < 4.78 is 0. The van der Waals surface area contributed by atoms with Crippen molar-refractivity contribution in [3.8, 4) is 0 Å². The Morgan fingerprint density at radius 2 is 2.33 bits per heavy atom. The topological polar surface area (TPSA) is 44.4 Å². The van der Waals surface area contributed by atoms with Gasteiger partial charge in [0.15, 0.2) is 0 Å². The molecular weight excluding hydrogens is 282 g/mol. The zero-order valence-electron chi connectivity index (χ0n) is 13.5. The first kappa shape index (κ1) is 16.5. The number of piperidine rings is 1. The Balaban J connectivity index is 1.96. The van der Waals surface area contributed by atoms with E-state index in [1.54, 1.807) is 11.3 Å². The number of hydrogen-bond acceptors (Lipinski definition) is 4. The molecule has 0 aliphatic carbocycles. The molecule has 0 saturated carbocycles. The highest BCUT2D eigenvalue weighted by molar-refractivity contribution is 7.10. The molecule has 2 rings (SSSR count). The van der Waals surface area contributed by atoms with Crippen LogP contribution < -0.4 is 10.6 Å². The Morgan fingerprint density at radius 3 is 2.90 bits per heavy atom. The van der Waals surface area contributed by atoms with E-state index in [2.05, 4.69) is 61.0 Å². The van der Waals surface area contributed by atoms with Gasteiger partial charge in [0.2, 0.25) is 5.91 Å². The van der Waals surface area contributed by atoms with Gasteiger partial charge in [0.1, 0.15) is 0 Å². The largest absolute Gasteiger partial charge is 0.353 e. The molecule has 0 radical (unpaired) electrons. The predicted octanol–water partition coefficient (Wildman–Crippen LogP) is 2.25. The van der Waals surface area contributed by atoms with Crippen molar-refractivity contribution >= 4 is 17.2 Å². The number of carbonyl (C=O) groups is 1. The van der Waals surface area contributed by atoms with E-state index >= 15 is 0 Å². The van der Waals surface area contributed by atoms with E-state index in [9.17, 15) is 4.79 Å². The fourth-order valence-electron chi connectivity index (χ4n) is 2.98. The predicted molar refractivity (Wildman–Crippen MR) is 88.6 cm³/mol. The smallest absolute Gasteiger partial charge is 0.237 e. The fraction of sp³-hybridized carbons (Fsp3) is 0.688. The molecule has 2 N–H and O–H groups in total. The van der Waals surface area contributed by atoms with Gasteiger partial charge in [-0.15, -0.1) is 11.3 Å². The second-order valence-electron chi connectivity index (χ2n) is 6.72. The van der Waals surface area contributed by atoms with Crippen LogP contribution in [0.1, 0.15) is 37.6 Å². The van der Waals surface area contributed by atoms with Crippen LogP contribution in [0.3, 0.4) is 0 Å².